The van der Waals surface area contributed by atoms with Crippen molar-refractivity contribution in [2.45, 2.75) is 25.7 Å². The fourth-order valence-electron chi connectivity index (χ4n) is 0.944. The maximum Gasteiger partial charge on any atom is 0.303 e. The molecule has 0 atom stereocenters. The minimum atomic E-state index is -0.644. The van der Waals surface area contributed by atoms with Crippen molar-refractivity contribution in [3.8, 4) is 0 Å². The average molecular weight is 114 g/mol. The number of carboxylic acids is 1. The number of rotatable bonds is 2. The second-order valence-corrected chi connectivity index (χ2v) is 2.39. The summed E-state index contributed by atoms with van der Waals surface area (Å²) in [6.07, 6.45) is 3.89. The Labute approximate surface area is 48.5 Å². The molecule has 0 bridgehead atoms. The van der Waals surface area contributed by atoms with E-state index < -0.39 is 5.97 Å². The van der Waals surface area contributed by atoms with Crippen molar-refractivity contribution in [1.29, 1.82) is 0 Å². The van der Waals surface area contributed by atoms with Crippen molar-refractivity contribution in [1.82, 2.24) is 0 Å². The monoisotopic (exact) mass is 114 g/mol. The Bertz CT molecular complexity index is 94.7. The fraction of sp³-hybridized carbons (Fsp3) is 0.833. The third-order valence-corrected chi connectivity index (χ3v) is 1.69. The van der Waals surface area contributed by atoms with Gasteiger partial charge in [0, 0.05) is 6.42 Å². The van der Waals surface area contributed by atoms with Crippen molar-refractivity contribution in [3.63, 3.8) is 0 Å². The molecule has 1 aliphatic carbocycles. The zero-order valence-electron chi connectivity index (χ0n) is 4.76. The number of hydrogen-bond acceptors (Lipinski definition) is 1. The molecule has 2 heteroatoms. The topological polar surface area (TPSA) is 37.3 Å². The van der Waals surface area contributed by atoms with E-state index in [0.29, 0.717) is 12.3 Å². The molecular formula is C6H10O2. The summed E-state index contributed by atoms with van der Waals surface area (Å²) < 4.78 is 0. The van der Waals surface area contributed by atoms with E-state index in [1.54, 1.807) is 0 Å². The molecule has 0 heterocycles. The summed E-state index contributed by atoms with van der Waals surface area (Å²) in [5, 5.41) is 8.25. The highest BCUT2D eigenvalue weighted by molar-refractivity contribution is 5.67. The number of carbonyl (C=O) groups is 1. The molecule has 0 radical (unpaired) electrons. The Hall–Kier alpha value is -0.530. The van der Waals surface area contributed by atoms with Crippen molar-refractivity contribution in [2.24, 2.45) is 5.92 Å². The van der Waals surface area contributed by atoms with Crippen LogP contribution in [0.3, 0.4) is 0 Å². The lowest BCUT2D eigenvalue weighted by Crippen LogP contribution is -2.14. The zero-order chi connectivity index (χ0) is 5.98. The Kier molecular flexibility index (Phi) is 1.51. The largest absolute Gasteiger partial charge is 0.481 e. The molecule has 8 heavy (non-hydrogen) atoms. The summed E-state index contributed by atoms with van der Waals surface area (Å²) in [5.74, 6) is -0.137. The first-order valence-electron chi connectivity index (χ1n) is 3.01. The van der Waals surface area contributed by atoms with Gasteiger partial charge in [0.15, 0.2) is 0 Å². The van der Waals surface area contributed by atoms with E-state index in [0.717, 1.165) is 12.8 Å². The molecule has 46 valence electrons. The molecule has 0 aliphatic heterocycles. The summed E-state index contributed by atoms with van der Waals surface area (Å²) in [5.41, 5.74) is 0. The normalized spacial score (nSPS) is 20.0. The van der Waals surface area contributed by atoms with Crippen LogP contribution in [0.5, 0.6) is 0 Å². The SMILES string of the molecule is O=C(O)CC1CCC1. The van der Waals surface area contributed by atoms with E-state index in [1.165, 1.54) is 6.42 Å². The van der Waals surface area contributed by atoms with Crippen LogP contribution in [-0.2, 0) is 4.79 Å². The van der Waals surface area contributed by atoms with Crippen molar-refractivity contribution in [2.75, 3.05) is 0 Å². The molecule has 1 rings (SSSR count). The Morgan fingerprint density at radius 2 is 2.25 bits per heavy atom. The molecule has 0 aromatic carbocycles. The fourth-order valence-corrected chi connectivity index (χ4v) is 0.944. The molecule has 0 saturated heterocycles. The molecule has 0 amide bonds. The van der Waals surface area contributed by atoms with Gasteiger partial charge in [0.05, 0.1) is 0 Å². The molecule has 0 unspecified atom stereocenters. The first kappa shape index (κ1) is 5.60. The van der Waals surface area contributed by atoms with E-state index in [2.05, 4.69) is 0 Å². The van der Waals surface area contributed by atoms with Crippen LogP contribution in [-0.4, -0.2) is 11.1 Å². The van der Waals surface area contributed by atoms with Crippen LogP contribution in [0, 0.1) is 5.92 Å². The van der Waals surface area contributed by atoms with Gasteiger partial charge in [0.2, 0.25) is 0 Å². The third kappa shape index (κ3) is 1.22. The summed E-state index contributed by atoms with van der Waals surface area (Å²) in [6, 6.07) is 0. The van der Waals surface area contributed by atoms with Gasteiger partial charge in [0.1, 0.15) is 0 Å². The van der Waals surface area contributed by atoms with Gasteiger partial charge in [0.25, 0.3) is 0 Å². The molecular weight excluding hydrogens is 104 g/mol. The average Bonchev–Trinajstić information content (AvgIpc) is 1.55. The minimum absolute atomic E-state index is 0.389. The minimum Gasteiger partial charge on any atom is -0.481 e. The van der Waals surface area contributed by atoms with Gasteiger partial charge >= 0.3 is 5.97 Å². The standard InChI is InChI=1S/C6H10O2/c7-6(8)4-5-2-1-3-5/h5H,1-4H2,(H,7,8). The van der Waals surface area contributed by atoms with Crippen molar-refractivity contribution >= 4 is 5.97 Å². The van der Waals surface area contributed by atoms with Crippen molar-refractivity contribution in [3.05, 3.63) is 0 Å². The lowest BCUT2D eigenvalue weighted by Gasteiger charge is -2.22. The van der Waals surface area contributed by atoms with E-state index in [-0.39, 0.29) is 0 Å². The summed E-state index contributed by atoms with van der Waals surface area (Å²) in [6.45, 7) is 0. The predicted octanol–water partition coefficient (Wildman–Crippen LogP) is 1.26. The molecule has 1 N–H and O–H groups in total. The zero-order valence-corrected chi connectivity index (χ0v) is 4.76. The molecule has 2 nitrogen and oxygen atoms in total. The van der Waals surface area contributed by atoms with Gasteiger partial charge in [-0.1, -0.05) is 6.42 Å². The highest BCUT2D eigenvalue weighted by Crippen LogP contribution is 2.28. The predicted molar refractivity (Wildman–Crippen MR) is 29.6 cm³/mol. The Morgan fingerprint density at radius 3 is 2.38 bits per heavy atom. The van der Waals surface area contributed by atoms with Gasteiger partial charge in [-0.2, -0.15) is 0 Å². The first-order chi connectivity index (χ1) is 3.79. The number of hydrogen-bond donors (Lipinski definition) is 1. The van der Waals surface area contributed by atoms with Crippen molar-refractivity contribution < 1.29 is 9.90 Å². The molecule has 0 aromatic rings. The van der Waals surface area contributed by atoms with E-state index in [1.807, 2.05) is 0 Å². The Morgan fingerprint density at radius 1 is 1.62 bits per heavy atom. The summed E-state index contributed by atoms with van der Waals surface area (Å²) in [4.78, 5) is 10.0. The van der Waals surface area contributed by atoms with Crippen LogP contribution in [0.1, 0.15) is 25.7 Å². The highest BCUT2D eigenvalue weighted by Gasteiger charge is 2.19. The van der Waals surface area contributed by atoms with Gasteiger partial charge in [-0.3, -0.25) is 4.79 Å². The van der Waals surface area contributed by atoms with Gasteiger partial charge in [-0.05, 0) is 18.8 Å². The quantitative estimate of drug-likeness (QED) is 0.586. The molecule has 1 aliphatic rings. The number of carboxylic acid groups (broad SMARTS) is 1. The third-order valence-electron chi connectivity index (χ3n) is 1.69. The van der Waals surface area contributed by atoms with Crippen LogP contribution in [0.15, 0.2) is 0 Å². The maximum absolute atomic E-state index is 10.0. The van der Waals surface area contributed by atoms with Crippen LogP contribution < -0.4 is 0 Å². The smallest absolute Gasteiger partial charge is 0.303 e. The van der Waals surface area contributed by atoms with Gasteiger partial charge in [-0.15, -0.1) is 0 Å². The lowest BCUT2D eigenvalue weighted by atomic mass is 9.83. The molecule has 0 spiro atoms. The molecule has 1 fully saturated rings. The lowest BCUT2D eigenvalue weighted by molar-refractivity contribution is -0.138. The first-order valence-corrected chi connectivity index (χ1v) is 3.01. The maximum atomic E-state index is 10.0. The van der Waals surface area contributed by atoms with Crippen LogP contribution in [0.4, 0.5) is 0 Å². The van der Waals surface area contributed by atoms with E-state index in [4.69, 9.17) is 5.11 Å². The Balaban J connectivity index is 2.09. The van der Waals surface area contributed by atoms with Crippen LogP contribution >= 0.6 is 0 Å². The second-order valence-electron chi connectivity index (χ2n) is 2.39. The van der Waals surface area contributed by atoms with Gasteiger partial charge < -0.3 is 5.11 Å². The molecule has 0 aromatic heterocycles. The molecule has 1 saturated carbocycles. The highest BCUT2D eigenvalue weighted by atomic mass is 16.4. The summed E-state index contributed by atoms with van der Waals surface area (Å²) >= 11 is 0. The van der Waals surface area contributed by atoms with E-state index >= 15 is 0 Å². The van der Waals surface area contributed by atoms with Gasteiger partial charge in [-0.25, -0.2) is 0 Å². The summed E-state index contributed by atoms with van der Waals surface area (Å²) in [7, 11) is 0. The van der Waals surface area contributed by atoms with E-state index in [9.17, 15) is 4.79 Å². The number of aliphatic carboxylic acids is 1. The van der Waals surface area contributed by atoms with Crippen LogP contribution in [0.2, 0.25) is 0 Å². The second kappa shape index (κ2) is 2.16. The van der Waals surface area contributed by atoms with Crippen LogP contribution in [0.25, 0.3) is 0 Å².